The summed E-state index contributed by atoms with van der Waals surface area (Å²) in [6, 6.07) is 0. The third-order valence-electron chi connectivity index (χ3n) is 6.41. The third-order valence-corrected chi connectivity index (χ3v) is 6.41. The molecule has 1 atom stereocenters. The van der Waals surface area contributed by atoms with E-state index in [1.165, 1.54) is 17.7 Å². The molecule has 2 aliphatic carbocycles. The van der Waals surface area contributed by atoms with E-state index in [2.05, 4.69) is 4.98 Å². The lowest BCUT2D eigenvalue weighted by atomic mass is 9.97. The fourth-order valence-electron chi connectivity index (χ4n) is 4.54. The number of pyridine rings is 1. The number of nitrogens with zero attached hydrogens (tertiary/aromatic N) is 2. The molecule has 0 bridgehead atoms. The zero-order chi connectivity index (χ0) is 18.9. The highest BCUT2D eigenvalue weighted by atomic mass is 19.1. The molecule has 0 radical (unpaired) electrons. The standard InChI is InChI=1S/C19H23FN4O3/c1-27-16-14(23-7-4-11(8-23)19(21)5-6-19)12(20)9-24-15(16)13(10-2-3-10)17(25)22-18(24)26/h9-11H,2-8,21H2,1H3,(H,22,25,26). The minimum atomic E-state index is -0.652. The van der Waals surface area contributed by atoms with Gasteiger partial charge in [0.2, 0.25) is 0 Å². The lowest BCUT2D eigenvalue weighted by Gasteiger charge is -2.25. The van der Waals surface area contributed by atoms with Crippen LogP contribution in [0.5, 0.6) is 5.75 Å². The maximum atomic E-state index is 15.1. The van der Waals surface area contributed by atoms with Crippen molar-refractivity contribution in [3.05, 3.63) is 38.4 Å². The van der Waals surface area contributed by atoms with E-state index >= 15 is 4.39 Å². The van der Waals surface area contributed by atoms with Crippen LogP contribution >= 0.6 is 0 Å². The summed E-state index contributed by atoms with van der Waals surface area (Å²) in [7, 11) is 1.46. The van der Waals surface area contributed by atoms with Gasteiger partial charge in [-0.05, 0) is 43.9 Å². The van der Waals surface area contributed by atoms with Crippen LogP contribution in [0.1, 0.15) is 43.6 Å². The molecule has 7 nitrogen and oxygen atoms in total. The Kier molecular flexibility index (Phi) is 3.47. The highest BCUT2D eigenvalue weighted by molar-refractivity contribution is 5.78. The van der Waals surface area contributed by atoms with Crippen molar-refractivity contribution in [1.82, 2.24) is 9.38 Å². The largest absolute Gasteiger partial charge is 0.492 e. The summed E-state index contributed by atoms with van der Waals surface area (Å²) in [6.45, 7) is 1.34. The molecule has 1 unspecified atom stereocenters. The summed E-state index contributed by atoms with van der Waals surface area (Å²) in [6.07, 6.45) is 5.86. The minimum absolute atomic E-state index is 0.0849. The highest BCUT2D eigenvalue weighted by Gasteiger charge is 2.48. The van der Waals surface area contributed by atoms with Crippen molar-refractivity contribution in [2.24, 2.45) is 11.7 Å². The number of halogens is 1. The van der Waals surface area contributed by atoms with Crippen LogP contribution in [0.4, 0.5) is 10.1 Å². The Morgan fingerprint density at radius 3 is 2.67 bits per heavy atom. The molecule has 0 amide bonds. The number of rotatable bonds is 4. The number of hydrogen-bond donors (Lipinski definition) is 2. The van der Waals surface area contributed by atoms with Gasteiger partial charge in [-0.2, -0.15) is 0 Å². The zero-order valence-electron chi connectivity index (χ0n) is 15.3. The van der Waals surface area contributed by atoms with E-state index < -0.39 is 17.1 Å². The molecule has 2 aromatic heterocycles. The molecule has 144 valence electrons. The molecule has 8 heteroatoms. The van der Waals surface area contributed by atoms with E-state index in [0.29, 0.717) is 35.8 Å². The normalized spacial score (nSPS) is 23.8. The number of fused-ring (bicyclic) bond motifs is 1. The number of nitrogens with two attached hydrogens (primary N) is 1. The third kappa shape index (κ3) is 2.50. The van der Waals surface area contributed by atoms with Gasteiger partial charge in [-0.15, -0.1) is 0 Å². The van der Waals surface area contributed by atoms with Gasteiger partial charge in [0, 0.05) is 24.2 Å². The van der Waals surface area contributed by atoms with Gasteiger partial charge in [0.25, 0.3) is 5.56 Å². The molecule has 3 N–H and O–H groups in total. The number of H-pyrrole nitrogens is 1. The topological polar surface area (TPSA) is 92.8 Å². The Balaban J connectivity index is 1.71. The summed E-state index contributed by atoms with van der Waals surface area (Å²) in [5.74, 6) is 0.143. The molecule has 27 heavy (non-hydrogen) atoms. The second-order valence-electron chi connectivity index (χ2n) is 8.19. The van der Waals surface area contributed by atoms with Crippen molar-refractivity contribution in [2.45, 2.75) is 43.6 Å². The van der Waals surface area contributed by atoms with Crippen molar-refractivity contribution >= 4 is 11.2 Å². The monoisotopic (exact) mass is 374 g/mol. The van der Waals surface area contributed by atoms with E-state index in [0.717, 1.165) is 32.1 Å². The van der Waals surface area contributed by atoms with E-state index in [1.807, 2.05) is 4.90 Å². The fourth-order valence-corrected chi connectivity index (χ4v) is 4.54. The van der Waals surface area contributed by atoms with Crippen LogP contribution in [0.3, 0.4) is 0 Å². The van der Waals surface area contributed by atoms with E-state index in [4.69, 9.17) is 10.5 Å². The molecule has 2 saturated carbocycles. The lowest BCUT2D eigenvalue weighted by Crippen LogP contribution is -2.35. The Morgan fingerprint density at radius 2 is 2.04 bits per heavy atom. The van der Waals surface area contributed by atoms with Gasteiger partial charge in [0.05, 0.1) is 13.3 Å². The smallest absolute Gasteiger partial charge is 0.333 e. The Bertz CT molecular complexity index is 1050. The number of hydrogen-bond acceptors (Lipinski definition) is 5. The molecular formula is C19H23FN4O3. The Morgan fingerprint density at radius 1 is 1.30 bits per heavy atom. The van der Waals surface area contributed by atoms with Crippen LogP contribution in [0.15, 0.2) is 15.8 Å². The first-order chi connectivity index (χ1) is 12.9. The molecule has 2 aromatic rings. The first kappa shape index (κ1) is 16.8. The summed E-state index contributed by atoms with van der Waals surface area (Å²) in [5.41, 5.74) is 6.42. The number of methoxy groups -OCH3 is 1. The number of anilines is 1. The molecule has 3 aliphatic rings. The van der Waals surface area contributed by atoms with E-state index in [9.17, 15) is 9.59 Å². The second kappa shape index (κ2) is 5.58. The maximum absolute atomic E-state index is 15.1. The number of aromatic amines is 1. The van der Waals surface area contributed by atoms with E-state index in [-0.39, 0.29) is 17.2 Å². The first-order valence-electron chi connectivity index (χ1n) is 9.52. The van der Waals surface area contributed by atoms with Crippen LogP contribution in [0.25, 0.3) is 5.52 Å². The molecule has 3 fully saturated rings. The molecule has 0 aromatic carbocycles. The van der Waals surface area contributed by atoms with Gasteiger partial charge >= 0.3 is 5.69 Å². The predicted molar refractivity (Wildman–Crippen MR) is 99.2 cm³/mol. The van der Waals surface area contributed by atoms with E-state index in [1.54, 1.807) is 0 Å². The predicted octanol–water partition coefficient (Wildman–Crippen LogP) is 1.33. The molecular weight excluding hydrogens is 351 g/mol. The van der Waals surface area contributed by atoms with Gasteiger partial charge < -0.3 is 15.4 Å². The first-order valence-corrected chi connectivity index (χ1v) is 9.52. The van der Waals surface area contributed by atoms with Crippen LogP contribution in [0, 0.1) is 11.7 Å². The Hall–Kier alpha value is -2.35. The van der Waals surface area contributed by atoms with Crippen LogP contribution in [-0.4, -0.2) is 35.1 Å². The average molecular weight is 374 g/mol. The Labute approximate surface area is 154 Å². The number of aromatic nitrogens is 2. The number of nitrogens with one attached hydrogen (secondary N) is 1. The highest BCUT2D eigenvalue weighted by Crippen LogP contribution is 2.48. The van der Waals surface area contributed by atoms with Gasteiger partial charge in [-0.3, -0.25) is 14.2 Å². The molecule has 1 saturated heterocycles. The fraction of sp³-hybridized carbons (Fsp3) is 0.579. The van der Waals surface area contributed by atoms with Crippen LogP contribution in [-0.2, 0) is 0 Å². The molecule has 1 aliphatic heterocycles. The van der Waals surface area contributed by atoms with Gasteiger partial charge in [-0.1, -0.05) is 0 Å². The molecule has 5 rings (SSSR count). The lowest BCUT2D eigenvalue weighted by molar-refractivity contribution is 0.411. The van der Waals surface area contributed by atoms with Crippen molar-refractivity contribution in [3.8, 4) is 5.75 Å². The summed E-state index contributed by atoms with van der Waals surface area (Å²) in [4.78, 5) is 29.0. The van der Waals surface area contributed by atoms with Crippen molar-refractivity contribution < 1.29 is 9.13 Å². The maximum Gasteiger partial charge on any atom is 0.333 e. The molecule has 3 heterocycles. The van der Waals surface area contributed by atoms with Gasteiger partial charge in [-0.25, -0.2) is 9.18 Å². The average Bonchev–Trinajstić information content (AvgIpc) is 3.55. The summed E-state index contributed by atoms with van der Waals surface area (Å²) >= 11 is 0. The van der Waals surface area contributed by atoms with Gasteiger partial charge in [0.1, 0.15) is 11.2 Å². The minimum Gasteiger partial charge on any atom is -0.492 e. The molecule has 0 spiro atoms. The van der Waals surface area contributed by atoms with Gasteiger partial charge in [0.15, 0.2) is 11.6 Å². The van der Waals surface area contributed by atoms with Crippen molar-refractivity contribution in [2.75, 3.05) is 25.1 Å². The zero-order valence-corrected chi connectivity index (χ0v) is 15.3. The van der Waals surface area contributed by atoms with Crippen LogP contribution in [0.2, 0.25) is 0 Å². The van der Waals surface area contributed by atoms with Crippen molar-refractivity contribution in [3.63, 3.8) is 0 Å². The summed E-state index contributed by atoms with van der Waals surface area (Å²) < 4.78 is 21.8. The quantitative estimate of drug-likeness (QED) is 0.842. The number of ether oxygens (including phenoxy) is 1. The summed E-state index contributed by atoms with van der Waals surface area (Å²) in [5, 5.41) is 0. The van der Waals surface area contributed by atoms with Crippen LogP contribution < -0.4 is 26.6 Å². The second-order valence-corrected chi connectivity index (χ2v) is 8.19. The van der Waals surface area contributed by atoms with Crippen molar-refractivity contribution in [1.29, 1.82) is 0 Å². The SMILES string of the molecule is COc1c(N2CCC(C3(N)CC3)C2)c(F)cn2c(=O)[nH]c(=O)c(C3CC3)c12.